The zero-order valence-corrected chi connectivity index (χ0v) is 11.9. The van der Waals surface area contributed by atoms with Gasteiger partial charge in [0.15, 0.2) is 17.5 Å². The molecule has 1 heterocycles. The first-order valence-electron chi connectivity index (χ1n) is 5.97. The fourth-order valence-electron chi connectivity index (χ4n) is 1.76. The largest absolute Gasteiger partial charge is 0.504 e. The summed E-state index contributed by atoms with van der Waals surface area (Å²) in [6, 6.07) is 6.33. The number of benzene rings is 1. The number of carboxylic acids is 1. The van der Waals surface area contributed by atoms with Crippen molar-refractivity contribution in [1.82, 2.24) is 5.32 Å². The average Bonchev–Trinajstić information content (AvgIpc) is 2.97. The van der Waals surface area contributed by atoms with E-state index in [2.05, 4.69) is 5.32 Å². The minimum atomic E-state index is -1.15. The van der Waals surface area contributed by atoms with Gasteiger partial charge in [-0.25, -0.2) is 4.79 Å². The summed E-state index contributed by atoms with van der Waals surface area (Å²) in [7, 11) is 1.39. The summed E-state index contributed by atoms with van der Waals surface area (Å²) >= 11 is 1.24. The van der Waals surface area contributed by atoms with Crippen LogP contribution < -0.4 is 10.1 Å². The van der Waals surface area contributed by atoms with Crippen LogP contribution in [0.5, 0.6) is 11.5 Å². The molecule has 1 atom stereocenters. The van der Waals surface area contributed by atoms with E-state index in [-0.39, 0.29) is 17.1 Å². The number of ether oxygens (including phenoxy) is 1. The van der Waals surface area contributed by atoms with E-state index in [1.807, 2.05) is 0 Å². The lowest BCUT2D eigenvalue weighted by molar-refractivity contribution is -0.139. The van der Waals surface area contributed by atoms with E-state index in [0.717, 1.165) is 0 Å². The molecule has 1 aromatic heterocycles. The summed E-state index contributed by atoms with van der Waals surface area (Å²) in [5.41, 5.74) is 0.149. The molecular weight excluding hydrogens is 294 g/mol. The number of methoxy groups -OCH3 is 1. The molecule has 6 nitrogen and oxygen atoms in total. The van der Waals surface area contributed by atoms with Crippen molar-refractivity contribution in [3.63, 3.8) is 0 Å². The van der Waals surface area contributed by atoms with E-state index in [0.29, 0.717) is 4.88 Å². The Kier molecular flexibility index (Phi) is 4.44. The molecule has 0 bridgehead atoms. The molecule has 0 saturated carbocycles. The Balaban J connectivity index is 2.20. The molecule has 0 spiro atoms. The van der Waals surface area contributed by atoms with Gasteiger partial charge in [0.2, 0.25) is 0 Å². The smallest absolute Gasteiger partial charge is 0.331 e. The number of amides is 1. The molecule has 0 aliphatic rings. The van der Waals surface area contributed by atoms with E-state index in [1.165, 1.54) is 36.6 Å². The molecule has 0 fully saturated rings. The topological polar surface area (TPSA) is 95.9 Å². The van der Waals surface area contributed by atoms with E-state index in [4.69, 9.17) is 4.74 Å². The number of hydrogen-bond acceptors (Lipinski definition) is 5. The molecular formula is C14H13NO5S. The van der Waals surface area contributed by atoms with Crippen molar-refractivity contribution in [3.8, 4) is 11.5 Å². The number of thiophene rings is 1. The predicted molar refractivity (Wildman–Crippen MR) is 76.8 cm³/mol. The van der Waals surface area contributed by atoms with E-state index < -0.39 is 17.9 Å². The van der Waals surface area contributed by atoms with Crippen LogP contribution in [0.25, 0.3) is 0 Å². The summed E-state index contributed by atoms with van der Waals surface area (Å²) in [4.78, 5) is 23.9. The Bertz CT molecular complexity index is 653. The molecule has 1 amide bonds. The van der Waals surface area contributed by atoms with Gasteiger partial charge in [0.05, 0.1) is 7.11 Å². The van der Waals surface area contributed by atoms with Crippen molar-refractivity contribution in [2.75, 3.05) is 7.11 Å². The maximum absolute atomic E-state index is 12.1. The van der Waals surface area contributed by atoms with Gasteiger partial charge in [0.25, 0.3) is 5.91 Å². The second-order valence-electron chi connectivity index (χ2n) is 4.15. The van der Waals surface area contributed by atoms with Crippen LogP contribution in [0, 0.1) is 0 Å². The van der Waals surface area contributed by atoms with Crippen molar-refractivity contribution in [2.24, 2.45) is 0 Å². The molecule has 2 aromatic rings. The van der Waals surface area contributed by atoms with Crippen LogP contribution >= 0.6 is 11.3 Å². The van der Waals surface area contributed by atoms with Gasteiger partial charge in [-0.2, -0.15) is 0 Å². The number of phenols is 1. The number of phenolic OH excluding ortho intramolecular Hbond substituents is 1. The Morgan fingerprint density at radius 1 is 1.33 bits per heavy atom. The third-order valence-electron chi connectivity index (χ3n) is 2.79. The molecule has 0 aliphatic heterocycles. The van der Waals surface area contributed by atoms with Crippen LogP contribution in [0.15, 0.2) is 35.7 Å². The first-order valence-corrected chi connectivity index (χ1v) is 6.85. The molecule has 0 saturated heterocycles. The number of rotatable bonds is 5. The number of nitrogens with one attached hydrogen (secondary N) is 1. The summed E-state index contributed by atoms with van der Waals surface area (Å²) in [5, 5.41) is 23.0. The summed E-state index contributed by atoms with van der Waals surface area (Å²) in [6.45, 7) is 0. The number of carbonyl (C=O) groups is 2. The van der Waals surface area contributed by atoms with Gasteiger partial charge in [0, 0.05) is 10.4 Å². The maximum atomic E-state index is 12.1. The second kappa shape index (κ2) is 6.27. The van der Waals surface area contributed by atoms with Gasteiger partial charge in [-0.3, -0.25) is 4.79 Å². The standard InChI is InChI=1S/C14H13NO5S/c1-20-10-5-4-8(7-9(10)16)13(17)15-12(14(18)19)11-3-2-6-21-11/h2-7,12,16H,1H3,(H,15,17)(H,18,19). The first-order chi connectivity index (χ1) is 10.0. The zero-order valence-electron chi connectivity index (χ0n) is 11.1. The average molecular weight is 307 g/mol. The molecule has 0 radical (unpaired) electrons. The Hall–Kier alpha value is -2.54. The van der Waals surface area contributed by atoms with E-state index >= 15 is 0 Å². The molecule has 3 N–H and O–H groups in total. The Morgan fingerprint density at radius 2 is 2.10 bits per heavy atom. The zero-order chi connectivity index (χ0) is 15.4. The van der Waals surface area contributed by atoms with Crippen LogP contribution in [-0.4, -0.2) is 29.2 Å². The molecule has 1 aromatic carbocycles. The lowest BCUT2D eigenvalue weighted by atomic mass is 10.1. The van der Waals surface area contributed by atoms with Crippen LogP contribution in [0.1, 0.15) is 21.3 Å². The quantitative estimate of drug-likeness (QED) is 0.785. The number of aliphatic carboxylic acids is 1. The van der Waals surface area contributed by atoms with Crippen LogP contribution in [0.4, 0.5) is 0 Å². The number of carbonyl (C=O) groups excluding carboxylic acids is 1. The van der Waals surface area contributed by atoms with Gasteiger partial charge in [-0.05, 0) is 29.6 Å². The maximum Gasteiger partial charge on any atom is 0.331 e. The third kappa shape index (κ3) is 3.32. The normalized spacial score (nSPS) is 11.7. The van der Waals surface area contributed by atoms with E-state index in [1.54, 1.807) is 17.5 Å². The highest BCUT2D eigenvalue weighted by Gasteiger charge is 2.23. The van der Waals surface area contributed by atoms with Gasteiger partial charge < -0.3 is 20.3 Å². The Morgan fingerprint density at radius 3 is 2.62 bits per heavy atom. The summed E-state index contributed by atoms with van der Waals surface area (Å²) in [5.74, 6) is -1.69. The van der Waals surface area contributed by atoms with Crippen LogP contribution in [-0.2, 0) is 4.79 Å². The SMILES string of the molecule is COc1ccc(C(=O)NC(C(=O)O)c2cccs2)cc1O. The Labute approximate surface area is 124 Å². The molecule has 21 heavy (non-hydrogen) atoms. The highest BCUT2D eigenvalue weighted by atomic mass is 32.1. The van der Waals surface area contributed by atoms with Gasteiger partial charge in [-0.15, -0.1) is 11.3 Å². The third-order valence-corrected chi connectivity index (χ3v) is 3.73. The van der Waals surface area contributed by atoms with Crippen LogP contribution in [0.2, 0.25) is 0 Å². The summed E-state index contributed by atoms with van der Waals surface area (Å²) in [6.07, 6.45) is 0. The van der Waals surface area contributed by atoms with Crippen molar-refractivity contribution in [1.29, 1.82) is 0 Å². The minimum absolute atomic E-state index is 0.149. The lowest BCUT2D eigenvalue weighted by Crippen LogP contribution is -2.33. The lowest BCUT2D eigenvalue weighted by Gasteiger charge is -2.13. The monoisotopic (exact) mass is 307 g/mol. The molecule has 2 rings (SSSR count). The van der Waals surface area contributed by atoms with Gasteiger partial charge in [0.1, 0.15) is 0 Å². The molecule has 1 unspecified atom stereocenters. The van der Waals surface area contributed by atoms with Crippen molar-refractivity contribution >= 4 is 23.2 Å². The molecule has 7 heteroatoms. The fraction of sp³-hybridized carbons (Fsp3) is 0.143. The number of hydrogen-bond donors (Lipinski definition) is 3. The number of carboxylic acid groups (broad SMARTS) is 1. The molecule has 110 valence electrons. The van der Waals surface area contributed by atoms with E-state index in [9.17, 15) is 19.8 Å². The van der Waals surface area contributed by atoms with Gasteiger partial charge >= 0.3 is 5.97 Å². The van der Waals surface area contributed by atoms with Crippen molar-refractivity contribution in [2.45, 2.75) is 6.04 Å². The highest BCUT2D eigenvalue weighted by molar-refractivity contribution is 7.10. The first kappa shape index (κ1) is 14.9. The highest BCUT2D eigenvalue weighted by Crippen LogP contribution is 2.27. The van der Waals surface area contributed by atoms with Crippen molar-refractivity contribution in [3.05, 3.63) is 46.2 Å². The minimum Gasteiger partial charge on any atom is -0.504 e. The van der Waals surface area contributed by atoms with Crippen molar-refractivity contribution < 1.29 is 24.5 Å². The fourth-order valence-corrected chi connectivity index (χ4v) is 2.52. The summed E-state index contributed by atoms with van der Waals surface area (Å²) < 4.78 is 4.88. The predicted octanol–water partition coefficient (Wildman–Crippen LogP) is 2.02. The van der Waals surface area contributed by atoms with Gasteiger partial charge in [-0.1, -0.05) is 6.07 Å². The second-order valence-corrected chi connectivity index (χ2v) is 5.13. The molecule has 0 aliphatic carbocycles. The van der Waals surface area contributed by atoms with Crippen LogP contribution in [0.3, 0.4) is 0 Å². The number of aromatic hydroxyl groups is 1.